The summed E-state index contributed by atoms with van der Waals surface area (Å²) in [5.41, 5.74) is 1.86. The number of carbonyl (C=O) groups is 2. The Morgan fingerprint density at radius 1 is 1.42 bits per heavy atom. The Morgan fingerprint density at radius 3 is 2.96 bits per heavy atom. The van der Waals surface area contributed by atoms with Gasteiger partial charge in [-0.05, 0) is 30.2 Å². The van der Waals surface area contributed by atoms with Crippen molar-refractivity contribution in [1.82, 2.24) is 0 Å². The first-order valence-corrected chi connectivity index (χ1v) is 9.01. The number of benzene rings is 1. The Hall–Kier alpha value is -1.85. The summed E-state index contributed by atoms with van der Waals surface area (Å²) in [5.74, 6) is -1.12. The highest BCUT2D eigenvalue weighted by atomic mass is 32.2. The number of fused-ring (bicyclic) bond motifs is 1. The molecule has 1 aliphatic heterocycles. The van der Waals surface area contributed by atoms with E-state index in [0.717, 1.165) is 28.9 Å². The number of rotatable bonds is 6. The quantitative estimate of drug-likeness (QED) is 0.851. The molecular weight excluding hydrogens is 324 g/mol. The molecule has 2 unspecified atom stereocenters. The van der Waals surface area contributed by atoms with Crippen LogP contribution in [0.3, 0.4) is 0 Å². The molecule has 2 atom stereocenters. The normalized spacial score (nSPS) is 20.5. The van der Waals surface area contributed by atoms with Gasteiger partial charge in [-0.3, -0.25) is 4.79 Å². The van der Waals surface area contributed by atoms with Crippen molar-refractivity contribution >= 4 is 23.5 Å². The van der Waals surface area contributed by atoms with Crippen LogP contribution < -0.4 is 0 Å². The van der Waals surface area contributed by atoms with Crippen molar-refractivity contribution in [1.29, 1.82) is 0 Å². The van der Waals surface area contributed by atoms with Crippen LogP contribution in [0.5, 0.6) is 0 Å². The van der Waals surface area contributed by atoms with Crippen molar-refractivity contribution in [2.24, 2.45) is 0 Å². The van der Waals surface area contributed by atoms with Crippen molar-refractivity contribution in [3.05, 3.63) is 52.5 Å². The van der Waals surface area contributed by atoms with Gasteiger partial charge in [0.15, 0.2) is 11.9 Å². The van der Waals surface area contributed by atoms with Gasteiger partial charge in [0.05, 0.1) is 0 Å². The lowest BCUT2D eigenvalue weighted by Gasteiger charge is -2.27. The smallest absolute Gasteiger partial charge is 0.332 e. The maximum atomic E-state index is 12.8. The zero-order valence-corrected chi connectivity index (χ0v) is 14.3. The lowest BCUT2D eigenvalue weighted by atomic mass is 9.94. The molecule has 0 aromatic heterocycles. The van der Waals surface area contributed by atoms with Crippen molar-refractivity contribution in [3.63, 3.8) is 0 Å². The van der Waals surface area contributed by atoms with Crippen LogP contribution in [0.15, 0.2) is 51.8 Å². The second-order valence-corrected chi connectivity index (χ2v) is 7.06. The lowest BCUT2D eigenvalue weighted by Crippen LogP contribution is -2.35. The predicted molar refractivity (Wildman–Crippen MR) is 93.0 cm³/mol. The van der Waals surface area contributed by atoms with Gasteiger partial charge in [0.25, 0.3) is 0 Å². The predicted octanol–water partition coefficient (Wildman–Crippen LogP) is 3.76. The minimum atomic E-state index is -1.01. The van der Waals surface area contributed by atoms with E-state index in [9.17, 15) is 14.7 Å². The summed E-state index contributed by atoms with van der Waals surface area (Å²) < 4.78 is 5.62. The lowest BCUT2D eigenvalue weighted by molar-refractivity contribution is -0.155. The summed E-state index contributed by atoms with van der Waals surface area (Å²) >= 11 is 1.59. The van der Waals surface area contributed by atoms with E-state index in [1.54, 1.807) is 17.8 Å². The summed E-state index contributed by atoms with van der Waals surface area (Å²) in [6, 6.07) is 8.03. The third-order valence-corrected chi connectivity index (χ3v) is 5.46. The van der Waals surface area contributed by atoms with Crippen molar-refractivity contribution in [2.75, 3.05) is 0 Å². The minimum Gasteiger partial charge on any atom is -0.479 e. The molecule has 0 amide bonds. The molecule has 2 aliphatic rings. The number of carboxylic acids is 1. The van der Waals surface area contributed by atoms with Gasteiger partial charge in [-0.15, -0.1) is 0 Å². The van der Waals surface area contributed by atoms with Gasteiger partial charge in [0.1, 0.15) is 6.10 Å². The molecule has 0 spiro atoms. The number of ketones is 1. The molecule has 0 radical (unpaired) electrons. The first-order valence-electron chi connectivity index (χ1n) is 8.19. The summed E-state index contributed by atoms with van der Waals surface area (Å²) in [6.45, 7) is 2.00. The molecule has 0 bridgehead atoms. The van der Waals surface area contributed by atoms with Crippen LogP contribution in [0, 0.1) is 0 Å². The number of hydrogen-bond acceptors (Lipinski definition) is 4. The monoisotopic (exact) mass is 344 g/mol. The molecule has 0 saturated carbocycles. The molecule has 1 N–H and O–H groups in total. The fourth-order valence-corrected chi connectivity index (χ4v) is 4.00. The Morgan fingerprint density at radius 2 is 2.21 bits per heavy atom. The van der Waals surface area contributed by atoms with Crippen LogP contribution >= 0.6 is 11.8 Å². The SMILES string of the molecule is CCCCC(OC1C=CC2=C(Cc3ccccc3S2)C1=O)C(=O)O. The third kappa shape index (κ3) is 3.47. The van der Waals surface area contributed by atoms with E-state index in [1.165, 1.54) is 4.90 Å². The summed E-state index contributed by atoms with van der Waals surface area (Å²) in [5, 5.41) is 9.30. The van der Waals surface area contributed by atoms with Crippen LogP contribution in [-0.2, 0) is 20.7 Å². The topological polar surface area (TPSA) is 63.6 Å². The first-order chi connectivity index (χ1) is 11.6. The van der Waals surface area contributed by atoms with E-state index in [0.29, 0.717) is 12.8 Å². The van der Waals surface area contributed by atoms with Crippen LogP contribution in [0.2, 0.25) is 0 Å². The largest absolute Gasteiger partial charge is 0.479 e. The molecule has 1 aromatic rings. The zero-order valence-electron chi connectivity index (χ0n) is 13.5. The summed E-state index contributed by atoms with van der Waals surface area (Å²) in [7, 11) is 0. The molecular formula is C19H20O4S. The van der Waals surface area contributed by atoms with Crippen LogP contribution in [0.1, 0.15) is 31.7 Å². The van der Waals surface area contributed by atoms with E-state index in [-0.39, 0.29) is 5.78 Å². The molecule has 1 aliphatic carbocycles. The molecule has 1 heterocycles. The van der Waals surface area contributed by atoms with Gasteiger partial charge >= 0.3 is 5.97 Å². The molecule has 3 rings (SSSR count). The van der Waals surface area contributed by atoms with Crippen LogP contribution in [0.4, 0.5) is 0 Å². The third-order valence-electron chi connectivity index (χ3n) is 4.24. The number of carbonyl (C=O) groups excluding carboxylic acids is 1. The average Bonchev–Trinajstić information content (AvgIpc) is 2.59. The number of aliphatic carboxylic acids is 1. The fraction of sp³-hybridized carbons (Fsp3) is 0.368. The van der Waals surface area contributed by atoms with Gasteiger partial charge in [-0.25, -0.2) is 4.79 Å². The van der Waals surface area contributed by atoms with Gasteiger partial charge < -0.3 is 9.84 Å². The Balaban J connectivity index is 1.75. The van der Waals surface area contributed by atoms with Gasteiger partial charge in [0.2, 0.25) is 0 Å². The first kappa shape index (κ1) is 17.0. The van der Waals surface area contributed by atoms with Crippen molar-refractivity contribution < 1.29 is 19.4 Å². The summed E-state index contributed by atoms with van der Waals surface area (Å²) in [6.07, 6.45) is 4.50. The Bertz CT molecular complexity index is 720. The van der Waals surface area contributed by atoms with Crippen LogP contribution in [0.25, 0.3) is 0 Å². The molecule has 24 heavy (non-hydrogen) atoms. The van der Waals surface area contributed by atoms with Gasteiger partial charge in [0, 0.05) is 21.8 Å². The Kier molecular flexibility index (Phi) is 5.21. The zero-order chi connectivity index (χ0) is 17.1. The number of thioether (sulfide) groups is 1. The highest BCUT2D eigenvalue weighted by Crippen LogP contribution is 2.41. The van der Waals surface area contributed by atoms with E-state index >= 15 is 0 Å². The number of unbranched alkanes of at least 4 members (excludes halogenated alkanes) is 1. The molecule has 0 fully saturated rings. The van der Waals surface area contributed by atoms with Gasteiger partial charge in [-0.2, -0.15) is 0 Å². The maximum absolute atomic E-state index is 12.8. The maximum Gasteiger partial charge on any atom is 0.332 e. The minimum absolute atomic E-state index is 0.114. The Labute approximate surface area is 145 Å². The van der Waals surface area contributed by atoms with E-state index in [4.69, 9.17) is 4.74 Å². The second-order valence-electron chi connectivity index (χ2n) is 5.98. The number of Topliss-reactive ketones (excluding diaryl/α,β-unsaturated/α-hetero) is 1. The van der Waals surface area contributed by atoms with E-state index in [2.05, 4.69) is 6.07 Å². The molecule has 1 aromatic carbocycles. The standard InChI is InChI=1S/C19H20O4S/c1-2-3-7-15(19(21)22)23-14-9-10-17-13(18(14)20)11-12-6-4-5-8-16(12)24-17/h4-6,8-10,14-15H,2-3,7,11H2,1H3,(H,21,22). The van der Waals surface area contributed by atoms with E-state index in [1.807, 2.05) is 31.2 Å². The fourth-order valence-electron chi connectivity index (χ4n) is 2.91. The highest BCUT2D eigenvalue weighted by molar-refractivity contribution is 8.03. The summed E-state index contributed by atoms with van der Waals surface area (Å²) in [4.78, 5) is 26.2. The molecule has 0 saturated heterocycles. The number of hydrogen-bond donors (Lipinski definition) is 1. The second kappa shape index (κ2) is 7.36. The van der Waals surface area contributed by atoms with E-state index < -0.39 is 18.2 Å². The van der Waals surface area contributed by atoms with Crippen molar-refractivity contribution in [2.45, 2.75) is 49.7 Å². The number of allylic oxidation sites excluding steroid dienone is 1. The molecule has 5 heteroatoms. The average molecular weight is 344 g/mol. The van der Waals surface area contributed by atoms with Crippen molar-refractivity contribution in [3.8, 4) is 0 Å². The van der Waals surface area contributed by atoms with Crippen LogP contribution in [-0.4, -0.2) is 29.1 Å². The number of ether oxygens (including phenoxy) is 1. The number of carboxylic acid groups (broad SMARTS) is 1. The van der Waals surface area contributed by atoms with Gasteiger partial charge in [-0.1, -0.05) is 49.7 Å². The highest BCUT2D eigenvalue weighted by Gasteiger charge is 2.33. The molecule has 4 nitrogen and oxygen atoms in total. The molecule has 126 valence electrons.